The van der Waals surface area contributed by atoms with Gasteiger partial charge in [0.25, 0.3) is 0 Å². The van der Waals surface area contributed by atoms with Gasteiger partial charge in [0.05, 0.1) is 19.1 Å². The van der Waals surface area contributed by atoms with Crippen LogP contribution in [0.25, 0.3) is 0 Å². The van der Waals surface area contributed by atoms with Gasteiger partial charge in [-0.2, -0.15) is 0 Å². The summed E-state index contributed by atoms with van der Waals surface area (Å²) in [5.41, 5.74) is 7.40. The van der Waals surface area contributed by atoms with Crippen LogP contribution in [0, 0.1) is 0 Å². The maximum absolute atomic E-state index is 6.33. The second-order valence-corrected chi connectivity index (χ2v) is 6.60. The van der Waals surface area contributed by atoms with Crippen LogP contribution in [-0.2, 0) is 5.21 Å². The van der Waals surface area contributed by atoms with Crippen LogP contribution < -0.4 is 15.2 Å². The van der Waals surface area contributed by atoms with Gasteiger partial charge in [-0.3, -0.25) is 0 Å². The van der Waals surface area contributed by atoms with Crippen molar-refractivity contribution < 1.29 is 9.47 Å². The van der Waals surface area contributed by atoms with Crippen molar-refractivity contribution in [3.05, 3.63) is 17.7 Å². The van der Waals surface area contributed by atoms with Gasteiger partial charge >= 0.3 is 0 Å². The molecule has 0 aliphatic heterocycles. The maximum Gasteiger partial charge on any atom is 0.132 e. The Kier molecular flexibility index (Phi) is 5.02. The van der Waals surface area contributed by atoms with Gasteiger partial charge in [0.1, 0.15) is 42.9 Å². The summed E-state index contributed by atoms with van der Waals surface area (Å²) >= 11 is 1.64. The summed E-state index contributed by atoms with van der Waals surface area (Å²) in [6.07, 6.45) is 2.02. The Labute approximate surface area is 124 Å². The average molecular weight is 275 g/mol. The van der Waals surface area contributed by atoms with E-state index in [9.17, 15) is 0 Å². The van der Waals surface area contributed by atoms with Crippen molar-refractivity contribution >= 4 is 43.1 Å². The summed E-state index contributed by atoms with van der Waals surface area (Å²) < 4.78 is 11.0. The molecule has 0 aliphatic rings. The van der Waals surface area contributed by atoms with E-state index in [2.05, 4.69) is 15.7 Å². The Morgan fingerprint density at radius 2 is 1.58 bits per heavy atom. The van der Waals surface area contributed by atoms with E-state index >= 15 is 0 Å². The minimum absolute atomic E-state index is 0.234. The monoisotopic (exact) mass is 275 g/mol. The predicted molar refractivity (Wildman–Crippen MR) is 94.1 cm³/mol. The highest BCUT2D eigenvalue weighted by molar-refractivity contribution is 7.98. The Balaban J connectivity index is 3.50. The van der Waals surface area contributed by atoms with Crippen LogP contribution in [0.2, 0.25) is 0 Å². The molecule has 100 valence electrons. The molecule has 19 heavy (non-hydrogen) atoms. The molecule has 0 unspecified atom stereocenters. The summed E-state index contributed by atoms with van der Waals surface area (Å²) in [6, 6.07) is 4.06. The Morgan fingerprint density at radius 3 is 1.95 bits per heavy atom. The molecule has 1 aromatic carbocycles. The molecule has 0 spiro atoms. The van der Waals surface area contributed by atoms with E-state index in [4.69, 9.17) is 15.2 Å². The molecule has 2 N–H and O–H groups in total. The summed E-state index contributed by atoms with van der Waals surface area (Å²) in [7, 11) is 11.7. The molecular formula is C11H21B4NO2S. The van der Waals surface area contributed by atoms with Crippen molar-refractivity contribution in [2.75, 3.05) is 20.5 Å². The smallest absolute Gasteiger partial charge is 0.132 e. The molecule has 0 fully saturated rings. The number of rotatable bonds is 5. The van der Waals surface area contributed by atoms with E-state index in [0.29, 0.717) is 0 Å². The summed E-state index contributed by atoms with van der Waals surface area (Å²) in [5.74, 6) is 1.72. The third-order valence-electron chi connectivity index (χ3n) is 3.99. The lowest BCUT2D eigenvalue weighted by molar-refractivity contribution is 0.388. The van der Waals surface area contributed by atoms with Crippen LogP contribution >= 0.6 is 11.8 Å². The number of ether oxygens (including phenoxy) is 2. The SMILES string of the molecule is BC(B)(N)C(B)(B)c1cc(OC)c(SC)cc1OC. The van der Waals surface area contributed by atoms with Gasteiger partial charge in [-0.15, -0.1) is 11.8 Å². The van der Waals surface area contributed by atoms with Gasteiger partial charge < -0.3 is 15.2 Å². The van der Waals surface area contributed by atoms with Gasteiger partial charge in [-0.25, -0.2) is 0 Å². The number of hydrogen-bond donors (Lipinski definition) is 1. The van der Waals surface area contributed by atoms with Crippen molar-refractivity contribution in [1.82, 2.24) is 0 Å². The van der Waals surface area contributed by atoms with Gasteiger partial charge in [-0.05, 0) is 29.3 Å². The zero-order chi connectivity index (χ0) is 14.8. The van der Waals surface area contributed by atoms with E-state index in [0.717, 1.165) is 22.0 Å². The van der Waals surface area contributed by atoms with Crippen LogP contribution in [0.15, 0.2) is 17.0 Å². The molecule has 8 heteroatoms. The lowest BCUT2D eigenvalue weighted by Crippen LogP contribution is -2.60. The van der Waals surface area contributed by atoms with Crippen molar-refractivity contribution in [3.8, 4) is 11.5 Å². The second-order valence-electron chi connectivity index (χ2n) is 5.75. The molecule has 0 aromatic heterocycles. The highest BCUT2D eigenvalue weighted by Gasteiger charge is 2.37. The van der Waals surface area contributed by atoms with Crippen LogP contribution in [-0.4, -0.2) is 57.2 Å². The number of benzene rings is 1. The first-order chi connectivity index (χ1) is 8.68. The quantitative estimate of drug-likeness (QED) is 0.486. The number of thioether (sulfide) groups is 1. The van der Waals surface area contributed by atoms with Crippen LogP contribution in [0.4, 0.5) is 0 Å². The molecule has 0 radical (unpaired) electrons. The van der Waals surface area contributed by atoms with Gasteiger partial charge in [-0.1, -0.05) is 5.21 Å². The van der Waals surface area contributed by atoms with E-state index < -0.39 is 0 Å². The molecule has 0 amide bonds. The highest BCUT2D eigenvalue weighted by Crippen LogP contribution is 2.40. The van der Waals surface area contributed by atoms with Crippen molar-refractivity contribution in [2.45, 2.75) is 15.4 Å². The topological polar surface area (TPSA) is 44.5 Å². The minimum Gasteiger partial charge on any atom is -0.496 e. The van der Waals surface area contributed by atoms with E-state index in [1.54, 1.807) is 26.0 Å². The van der Waals surface area contributed by atoms with Crippen molar-refractivity contribution in [3.63, 3.8) is 0 Å². The van der Waals surface area contributed by atoms with E-state index in [1.165, 1.54) is 0 Å². The first kappa shape index (κ1) is 16.4. The van der Waals surface area contributed by atoms with Crippen molar-refractivity contribution in [2.24, 2.45) is 5.73 Å². The normalized spacial score (nSPS) is 12.2. The Hall–Kier alpha value is -0.610. The second kappa shape index (κ2) is 5.80. The summed E-state index contributed by atoms with van der Waals surface area (Å²) in [6.45, 7) is 0. The number of hydrogen-bond acceptors (Lipinski definition) is 4. The fraction of sp³-hybridized carbons (Fsp3) is 0.455. The number of methoxy groups -OCH3 is 2. The number of nitrogens with two attached hydrogens (primary N) is 1. The first-order valence-corrected chi connectivity index (χ1v) is 7.51. The first-order valence-electron chi connectivity index (χ1n) is 6.28. The molecule has 0 saturated heterocycles. The molecule has 0 bridgehead atoms. The van der Waals surface area contributed by atoms with Gasteiger partial charge in [0.2, 0.25) is 0 Å². The van der Waals surface area contributed by atoms with Gasteiger partial charge in [0.15, 0.2) is 0 Å². The molecule has 0 aliphatic carbocycles. The van der Waals surface area contributed by atoms with Crippen LogP contribution in [0.5, 0.6) is 11.5 Å². The Morgan fingerprint density at radius 1 is 1.05 bits per heavy atom. The van der Waals surface area contributed by atoms with Gasteiger partial charge in [0, 0.05) is 0 Å². The third kappa shape index (κ3) is 3.11. The zero-order valence-corrected chi connectivity index (χ0v) is 13.8. The van der Waals surface area contributed by atoms with Crippen molar-refractivity contribution in [1.29, 1.82) is 0 Å². The standard InChI is InChI=1S/C11H21B4NO2S/c1-17-7-5-9(19-3)8(18-2)4-6(7)10(12,13)11(14,15)16/h4-5H,12-16H2,1-3H3. The lowest BCUT2D eigenvalue weighted by atomic mass is 9.32. The largest absolute Gasteiger partial charge is 0.496 e. The fourth-order valence-corrected chi connectivity index (χ4v) is 2.43. The summed E-state index contributed by atoms with van der Waals surface area (Å²) in [4.78, 5) is 1.06. The molecule has 3 nitrogen and oxygen atoms in total. The summed E-state index contributed by atoms with van der Waals surface area (Å²) in [5, 5.41) is -0.602. The Bertz CT molecular complexity index is 463. The maximum atomic E-state index is 6.33. The van der Waals surface area contributed by atoms with E-state index in [-0.39, 0.29) is 10.6 Å². The molecule has 1 rings (SSSR count). The minimum atomic E-state index is -0.369. The average Bonchev–Trinajstić information content (AvgIpc) is 2.35. The molecule has 0 saturated carbocycles. The highest BCUT2D eigenvalue weighted by atomic mass is 32.2. The lowest BCUT2D eigenvalue weighted by Gasteiger charge is -2.41. The molecule has 0 heterocycles. The molecular weight excluding hydrogens is 253 g/mol. The van der Waals surface area contributed by atoms with Crippen LogP contribution in [0.3, 0.4) is 0 Å². The zero-order valence-electron chi connectivity index (χ0n) is 13.0. The van der Waals surface area contributed by atoms with Crippen LogP contribution in [0.1, 0.15) is 5.56 Å². The molecule has 1 aromatic rings. The third-order valence-corrected chi connectivity index (χ3v) is 4.75. The van der Waals surface area contributed by atoms with E-state index in [1.807, 2.05) is 34.1 Å². The predicted octanol–water partition coefficient (Wildman–Crippen LogP) is -2.28. The fourth-order valence-electron chi connectivity index (χ4n) is 1.86. The molecule has 0 atom stereocenters.